The van der Waals surface area contributed by atoms with Gasteiger partial charge >= 0.3 is 5.97 Å². The van der Waals surface area contributed by atoms with E-state index in [4.69, 9.17) is 5.11 Å². The van der Waals surface area contributed by atoms with Crippen molar-refractivity contribution in [1.82, 2.24) is 0 Å². The summed E-state index contributed by atoms with van der Waals surface area (Å²) in [6, 6.07) is 0. The van der Waals surface area contributed by atoms with Gasteiger partial charge in [-0.3, -0.25) is 0 Å². The van der Waals surface area contributed by atoms with E-state index < -0.39 is 5.97 Å². The maximum Gasteiger partial charge on any atom is 0.327 e. The topological polar surface area (TPSA) is 37.3 Å². The zero-order valence-electron chi connectivity index (χ0n) is 8.05. The van der Waals surface area contributed by atoms with Crippen molar-refractivity contribution in [1.29, 1.82) is 0 Å². The summed E-state index contributed by atoms with van der Waals surface area (Å²) in [7, 11) is 0. The first kappa shape index (κ1) is 14.7. The Balaban J connectivity index is 0. The van der Waals surface area contributed by atoms with Gasteiger partial charge in [0.05, 0.1) is 0 Å². The summed E-state index contributed by atoms with van der Waals surface area (Å²) in [5.41, 5.74) is 0. The van der Waals surface area contributed by atoms with Crippen LogP contribution >= 0.6 is 0 Å². The minimum absolute atomic E-state index is 0. The summed E-state index contributed by atoms with van der Waals surface area (Å²) in [6.45, 7) is 2.16. The third-order valence-corrected chi connectivity index (χ3v) is 1.48. The minimum atomic E-state index is -0.847. The van der Waals surface area contributed by atoms with Gasteiger partial charge in [0.2, 0.25) is 0 Å². The summed E-state index contributed by atoms with van der Waals surface area (Å²) in [6.07, 6.45) is 8.62. The van der Waals surface area contributed by atoms with Crippen LogP contribution in [0.15, 0.2) is 12.2 Å². The SMILES string of the molecule is CCCCCCC=CC(=O)O.[Na]. The number of allylic oxidation sites excluding steroid dienone is 1. The minimum Gasteiger partial charge on any atom is -0.478 e. The quantitative estimate of drug-likeness (QED) is 0.385. The molecule has 0 aliphatic rings. The Morgan fingerprint density at radius 3 is 2.50 bits per heavy atom. The van der Waals surface area contributed by atoms with Gasteiger partial charge in [0, 0.05) is 35.6 Å². The van der Waals surface area contributed by atoms with Crippen LogP contribution in [0.25, 0.3) is 0 Å². The van der Waals surface area contributed by atoms with Gasteiger partial charge in [-0.05, 0) is 12.8 Å². The van der Waals surface area contributed by atoms with E-state index in [0.29, 0.717) is 0 Å². The van der Waals surface area contributed by atoms with Crippen molar-refractivity contribution in [3.8, 4) is 0 Å². The number of carboxylic acid groups (broad SMARTS) is 1. The van der Waals surface area contributed by atoms with E-state index >= 15 is 0 Å². The van der Waals surface area contributed by atoms with Gasteiger partial charge in [-0.15, -0.1) is 0 Å². The molecule has 0 bridgehead atoms. The van der Waals surface area contributed by atoms with E-state index in [1.165, 1.54) is 25.3 Å². The Morgan fingerprint density at radius 1 is 1.33 bits per heavy atom. The normalized spacial score (nSPS) is 9.75. The van der Waals surface area contributed by atoms with Gasteiger partial charge in [-0.2, -0.15) is 0 Å². The number of carbonyl (C=O) groups is 1. The van der Waals surface area contributed by atoms with E-state index in [9.17, 15) is 4.79 Å². The van der Waals surface area contributed by atoms with Gasteiger partial charge in [0.1, 0.15) is 0 Å². The van der Waals surface area contributed by atoms with Crippen LogP contribution in [0.5, 0.6) is 0 Å². The molecule has 1 radical (unpaired) electrons. The predicted octanol–water partition coefficient (Wildman–Crippen LogP) is 2.22. The van der Waals surface area contributed by atoms with Crippen molar-refractivity contribution in [3.05, 3.63) is 12.2 Å². The molecule has 1 N–H and O–H groups in total. The number of hydrogen-bond acceptors (Lipinski definition) is 1. The van der Waals surface area contributed by atoms with Crippen molar-refractivity contribution in [3.63, 3.8) is 0 Å². The molecule has 0 aliphatic carbocycles. The monoisotopic (exact) mass is 179 g/mol. The summed E-state index contributed by atoms with van der Waals surface area (Å²) < 4.78 is 0. The smallest absolute Gasteiger partial charge is 0.327 e. The Morgan fingerprint density at radius 2 is 2.00 bits per heavy atom. The third kappa shape index (κ3) is 12.8. The number of hydrogen-bond donors (Lipinski definition) is 1. The van der Waals surface area contributed by atoms with Crippen molar-refractivity contribution >= 4 is 35.5 Å². The number of aliphatic carboxylic acids is 1. The second-order valence-corrected chi connectivity index (χ2v) is 2.59. The summed E-state index contributed by atoms with van der Waals surface area (Å²) in [4.78, 5) is 10.0. The van der Waals surface area contributed by atoms with E-state index in [1.807, 2.05) is 0 Å². The molecule has 0 saturated heterocycles. The number of unbranched alkanes of at least 4 members (excludes halogenated alkanes) is 4. The molecule has 0 aromatic carbocycles. The fraction of sp³-hybridized carbons (Fsp3) is 0.667. The molecule has 0 amide bonds. The van der Waals surface area contributed by atoms with E-state index in [1.54, 1.807) is 6.08 Å². The van der Waals surface area contributed by atoms with Crippen molar-refractivity contribution < 1.29 is 9.90 Å². The first-order chi connectivity index (χ1) is 5.27. The Kier molecular flexibility index (Phi) is 13.7. The summed E-state index contributed by atoms with van der Waals surface area (Å²) in [5, 5.41) is 8.23. The van der Waals surface area contributed by atoms with Gasteiger partial charge in [-0.1, -0.05) is 32.3 Å². The summed E-state index contributed by atoms with van der Waals surface area (Å²) >= 11 is 0. The average Bonchev–Trinajstić information content (AvgIpc) is 1.96. The molecule has 3 heteroatoms. The first-order valence-corrected chi connectivity index (χ1v) is 4.17. The van der Waals surface area contributed by atoms with Crippen LogP contribution in [0.2, 0.25) is 0 Å². The van der Waals surface area contributed by atoms with E-state index in [-0.39, 0.29) is 29.6 Å². The molecule has 0 atom stereocenters. The van der Waals surface area contributed by atoms with Gasteiger partial charge in [-0.25, -0.2) is 4.79 Å². The van der Waals surface area contributed by atoms with Gasteiger partial charge in [0.15, 0.2) is 0 Å². The molecule has 12 heavy (non-hydrogen) atoms. The van der Waals surface area contributed by atoms with Gasteiger partial charge in [0.25, 0.3) is 0 Å². The van der Waals surface area contributed by atoms with Crippen LogP contribution in [-0.4, -0.2) is 40.6 Å². The zero-order chi connectivity index (χ0) is 8.53. The Bertz CT molecular complexity index is 132. The van der Waals surface area contributed by atoms with Crippen LogP contribution in [0.4, 0.5) is 0 Å². The molecule has 0 aliphatic heterocycles. The Hall–Kier alpha value is 0.210. The molecule has 0 spiro atoms. The maximum atomic E-state index is 10.0. The third-order valence-electron chi connectivity index (χ3n) is 1.48. The summed E-state index contributed by atoms with van der Waals surface area (Å²) in [5.74, 6) is -0.847. The maximum absolute atomic E-state index is 10.0. The zero-order valence-corrected chi connectivity index (χ0v) is 10.0. The molecule has 0 saturated carbocycles. The molecule has 0 unspecified atom stereocenters. The van der Waals surface area contributed by atoms with Crippen molar-refractivity contribution in [2.45, 2.75) is 39.0 Å². The van der Waals surface area contributed by atoms with Crippen LogP contribution < -0.4 is 0 Å². The fourth-order valence-electron chi connectivity index (χ4n) is 0.873. The second kappa shape index (κ2) is 11.2. The average molecular weight is 179 g/mol. The van der Waals surface area contributed by atoms with Crippen LogP contribution in [0.1, 0.15) is 39.0 Å². The molecule has 0 aromatic rings. The number of rotatable bonds is 6. The molecule has 0 rings (SSSR count). The molecule has 0 fully saturated rings. The Labute approximate surface area is 96.3 Å². The van der Waals surface area contributed by atoms with Crippen molar-refractivity contribution in [2.75, 3.05) is 0 Å². The second-order valence-electron chi connectivity index (χ2n) is 2.59. The molecular formula is C9H16NaO2. The molecule has 0 aromatic heterocycles. The molecular weight excluding hydrogens is 163 g/mol. The van der Waals surface area contributed by atoms with E-state index in [2.05, 4.69) is 6.92 Å². The van der Waals surface area contributed by atoms with Crippen LogP contribution in [0.3, 0.4) is 0 Å². The van der Waals surface area contributed by atoms with E-state index in [0.717, 1.165) is 12.8 Å². The molecule has 0 heterocycles. The van der Waals surface area contributed by atoms with Crippen LogP contribution in [-0.2, 0) is 4.79 Å². The van der Waals surface area contributed by atoms with Crippen molar-refractivity contribution in [2.24, 2.45) is 0 Å². The number of carboxylic acids is 1. The van der Waals surface area contributed by atoms with Gasteiger partial charge < -0.3 is 5.11 Å². The standard InChI is InChI=1S/C9H16O2.Na/c1-2-3-4-5-6-7-8-9(10)11;/h7-8H,2-6H2,1H3,(H,10,11);. The fourth-order valence-corrected chi connectivity index (χ4v) is 0.873. The molecule has 2 nitrogen and oxygen atoms in total. The van der Waals surface area contributed by atoms with Crippen LogP contribution in [0, 0.1) is 0 Å². The first-order valence-electron chi connectivity index (χ1n) is 4.17. The largest absolute Gasteiger partial charge is 0.478 e. The molecule has 65 valence electrons. The predicted molar refractivity (Wildman–Crippen MR) is 51.3 cm³/mol.